The Balaban J connectivity index is 1.70. The molecule has 0 saturated carbocycles. The molecule has 1 amide bonds. The monoisotopic (exact) mass is 378 g/mol. The van der Waals surface area contributed by atoms with Crippen LogP contribution >= 0.6 is 0 Å². The van der Waals surface area contributed by atoms with E-state index in [1.807, 2.05) is 60.6 Å². The average Bonchev–Trinajstić information content (AvgIpc) is 3.24. The van der Waals surface area contributed by atoms with Crippen molar-refractivity contribution in [3.05, 3.63) is 70.7 Å². The van der Waals surface area contributed by atoms with Crippen molar-refractivity contribution >= 4 is 5.91 Å². The number of carbonyl (C=O) groups is 1. The smallest absolute Gasteiger partial charge is 0.256 e. The maximum atomic E-state index is 13.6. The summed E-state index contributed by atoms with van der Waals surface area (Å²) in [5.41, 5.74) is 3.76. The summed E-state index contributed by atoms with van der Waals surface area (Å²) in [5, 5.41) is 4.12. The van der Waals surface area contributed by atoms with Crippen molar-refractivity contribution < 1.29 is 9.32 Å². The van der Waals surface area contributed by atoms with Gasteiger partial charge in [-0.25, -0.2) is 0 Å². The number of likely N-dealkylation sites (N-methyl/N-ethyl adjacent to an activating group) is 1. The van der Waals surface area contributed by atoms with Gasteiger partial charge >= 0.3 is 0 Å². The third kappa shape index (κ3) is 3.24. The van der Waals surface area contributed by atoms with E-state index >= 15 is 0 Å². The normalized spacial score (nSPS) is 17.9. The molecule has 0 spiro atoms. The fourth-order valence-electron chi connectivity index (χ4n) is 4.07. The highest BCUT2D eigenvalue weighted by molar-refractivity contribution is 5.96. The van der Waals surface area contributed by atoms with Crippen molar-refractivity contribution in [2.45, 2.75) is 26.8 Å². The zero-order valence-corrected chi connectivity index (χ0v) is 16.8. The Labute approximate surface area is 165 Å². The molecule has 0 N–H and O–H groups in total. The van der Waals surface area contributed by atoms with Gasteiger partial charge in [-0.3, -0.25) is 9.36 Å². The molecule has 0 radical (unpaired) electrons. The molecule has 2 aromatic heterocycles. The van der Waals surface area contributed by atoms with Crippen LogP contribution in [0.5, 0.6) is 0 Å². The lowest BCUT2D eigenvalue weighted by Gasteiger charge is -2.40. The zero-order chi connectivity index (χ0) is 19.8. The van der Waals surface area contributed by atoms with Gasteiger partial charge in [-0.2, -0.15) is 0 Å². The third-order valence-corrected chi connectivity index (χ3v) is 5.53. The topological polar surface area (TPSA) is 54.5 Å². The number of benzene rings is 1. The van der Waals surface area contributed by atoms with E-state index in [0.717, 1.165) is 35.8 Å². The SMILES string of the molecule is Cc1cc(-n2c(C)cc(C(=O)N3CCN(C)C[C@H]3c3ccccc3)c2C)no1. The van der Waals surface area contributed by atoms with E-state index in [9.17, 15) is 4.79 Å². The van der Waals surface area contributed by atoms with Crippen molar-refractivity contribution in [2.24, 2.45) is 0 Å². The summed E-state index contributed by atoms with van der Waals surface area (Å²) in [5.74, 6) is 1.53. The maximum Gasteiger partial charge on any atom is 0.256 e. The molecule has 1 aliphatic heterocycles. The third-order valence-electron chi connectivity index (χ3n) is 5.53. The molecule has 146 valence electrons. The lowest BCUT2D eigenvalue weighted by atomic mass is 10.0. The fraction of sp³-hybridized carbons (Fsp3) is 0.364. The van der Waals surface area contributed by atoms with Crippen LogP contribution in [-0.2, 0) is 0 Å². The molecule has 1 saturated heterocycles. The Kier molecular flexibility index (Phi) is 4.81. The highest BCUT2D eigenvalue weighted by atomic mass is 16.5. The van der Waals surface area contributed by atoms with Crippen molar-refractivity contribution in [3.63, 3.8) is 0 Å². The minimum absolute atomic E-state index is 0.0461. The van der Waals surface area contributed by atoms with Gasteiger partial charge in [0, 0.05) is 37.1 Å². The number of amides is 1. The molecule has 1 fully saturated rings. The van der Waals surface area contributed by atoms with Crippen LogP contribution in [0.25, 0.3) is 5.82 Å². The summed E-state index contributed by atoms with van der Waals surface area (Å²) in [6, 6.07) is 14.2. The number of nitrogens with zero attached hydrogens (tertiary/aromatic N) is 4. The maximum absolute atomic E-state index is 13.6. The van der Waals surface area contributed by atoms with E-state index in [1.165, 1.54) is 5.56 Å². The minimum atomic E-state index is 0.0461. The van der Waals surface area contributed by atoms with Gasteiger partial charge < -0.3 is 14.3 Å². The molecular formula is C22H26N4O2. The van der Waals surface area contributed by atoms with Gasteiger partial charge in [0.25, 0.3) is 5.91 Å². The van der Waals surface area contributed by atoms with Gasteiger partial charge in [-0.15, -0.1) is 0 Å². The Morgan fingerprint density at radius 1 is 1.11 bits per heavy atom. The predicted molar refractivity (Wildman–Crippen MR) is 108 cm³/mol. The molecule has 3 heterocycles. The molecule has 28 heavy (non-hydrogen) atoms. The van der Waals surface area contributed by atoms with Gasteiger partial charge in [0.1, 0.15) is 5.76 Å². The number of aromatic nitrogens is 2. The van der Waals surface area contributed by atoms with E-state index in [1.54, 1.807) is 0 Å². The van der Waals surface area contributed by atoms with Crippen LogP contribution in [0.15, 0.2) is 47.0 Å². The molecule has 1 atom stereocenters. The van der Waals surface area contributed by atoms with Crippen LogP contribution in [0.4, 0.5) is 0 Å². The van der Waals surface area contributed by atoms with Crippen molar-refractivity contribution in [2.75, 3.05) is 26.7 Å². The van der Waals surface area contributed by atoms with Crippen LogP contribution in [0.3, 0.4) is 0 Å². The van der Waals surface area contributed by atoms with Gasteiger partial charge in [0.2, 0.25) is 0 Å². The Morgan fingerprint density at radius 3 is 2.54 bits per heavy atom. The summed E-state index contributed by atoms with van der Waals surface area (Å²) >= 11 is 0. The number of aryl methyl sites for hydroxylation is 2. The van der Waals surface area contributed by atoms with Crippen LogP contribution in [0, 0.1) is 20.8 Å². The Morgan fingerprint density at radius 2 is 1.86 bits per heavy atom. The molecule has 3 aromatic rings. The van der Waals surface area contributed by atoms with E-state index in [2.05, 4.69) is 29.2 Å². The highest BCUT2D eigenvalue weighted by Gasteiger charge is 2.32. The second kappa shape index (κ2) is 7.28. The highest BCUT2D eigenvalue weighted by Crippen LogP contribution is 2.29. The molecule has 6 heteroatoms. The summed E-state index contributed by atoms with van der Waals surface area (Å²) in [7, 11) is 2.11. The molecule has 0 bridgehead atoms. The first-order valence-corrected chi connectivity index (χ1v) is 9.63. The van der Waals surface area contributed by atoms with E-state index in [4.69, 9.17) is 4.52 Å². The van der Waals surface area contributed by atoms with Crippen molar-refractivity contribution in [1.82, 2.24) is 19.5 Å². The van der Waals surface area contributed by atoms with Gasteiger partial charge in [0.15, 0.2) is 5.82 Å². The van der Waals surface area contributed by atoms with Crippen LogP contribution in [0.1, 0.15) is 39.1 Å². The van der Waals surface area contributed by atoms with Crippen molar-refractivity contribution in [3.8, 4) is 5.82 Å². The fourth-order valence-corrected chi connectivity index (χ4v) is 4.07. The molecular weight excluding hydrogens is 352 g/mol. The van der Waals surface area contributed by atoms with Crippen molar-refractivity contribution in [1.29, 1.82) is 0 Å². The first kappa shape index (κ1) is 18.5. The first-order chi connectivity index (χ1) is 13.5. The number of rotatable bonds is 3. The lowest BCUT2D eigenvalue weighted by molar-refractivity contribution is 0.0497. The summed E-state index contributed by atoms with van der Waals surface area (Å²) < 4.78 is 7.21. The largest absolute Gasteiger partial charge is 0.360 e. The quantitative estimate of drug-likeness (QED) is 0.700. The number of hydrogen-bond donors (Lipinski definition) is 0. The number of carbonyl (C=O) groups excluding carboxylic acids is 1. The van der Waals surface area contributed by atoms with E-state index in [-0.39, 0.29) is 11.9 Å². The molecule has 6 nitrogen and oxygen atoms in total. The summed E-state index contributed by atoms with van der Waals surface area (Å²) in [6.07, 6.45) is 0. The first-order valence-electron chi connectivity index (χ1n) is 9.63. The average molecular weight is 378 g/mol. The molecule has 1 aliphatic rings. The van der Waals surface area contributed by atoms with Gasteiger partial charge in [0.05, 0.1) is 11.6 Å². The zero-order valence-electron chi connectivity index (χ0n) is 16.8. The second-order valence-electron chi connectivity index (χ2n) is 7.60. The van der Waals surface area contributed by atoms with Gasteiger partial charge in [-0.05, 0) is 39.4 Å². The molecule has 0 aliphatic carbocycles. The minimum Gasteiger partial charge on any atom is -0.360 e. The van der Waals surface area contributed by atoms with E-state index in [0.29, 0.717) is 12.4 Å². The van der Waals surface area contributed by atoms with Gasteiger partial charge in [-0.1, -0.05) is 35.5 Å². The number of hydrogen-bond acceptors (Lipinski definition) is 4. The second-order valence-corrected chi connectivity index (χ2v) is 7.60. The summed E-state index contributed by atoms with van der Waals surface area (Å²) in [6.45, 7) is 8.24. The predicted octanol–water partition coefficient (Wildman–Crippen LogP) is 3.52. The standard InChI is InChI=1S/C22H26N4O2/c1-15-12-19(17(3)26(15)21-13-16(2)28-23-21)22(27)25-11-10-24(4)14-20(25)18-8-6-5-7-9-18/h5-9,12-13,20H,10-11,14H2,1-4H3/t20-/m0/s1. The van der Waals surface area contributed by atoms with Crippen LogP contribution < -0.4 is 0 Å². The van der Waals surface area contributed by atoms with E-state index < -0.39 is 0 Å². The number of piperazine rings is 1. The molecule has 0 unspecified atom stereocenters. The van der Waals surface area contributed by atoms with Crippen LogP contribution in [0.2, 0.25) is 0 Å². The molecule has 1 aromatic carbocycles. The molecule has 4 rings (SSSR count). The summed E-state index contributed by atoms with van der Waals surface area (Å²) in [4.78, 5) is 17.9. The lowest BCUT2D eigenvalue weighted by Crippen LogP contribution is -2.49. The Bertz CT molecular complexity index is 989. The Hall–Kier alpha value is -2.86. The van der Waals surface area contributed by atoms with Crippen LogP contribution in [-0.4, -0.2) is 52.1 Å².